The largest absolute Gasteiger partial charge is 0.495 e. The molecule has 0 aliphatic carbocycles. The van der Waals surface area contributed by atoms with E-state index in [0.717, 1.165) is 4.90 Å². The summed E-state index contributed by atoms with van der Waals surface area (Å²) >= 11 is 12.0. The summed E-state index contributed by atoms with van der Waals surface area (Å²) in [6, 6.07) is 7.27. The standard InChI is InChI=1S/C20H17Cl2N5O5/c1-31-14-8-15(32-2)13(7-12(14)22)23-16(28)9-26-18-17(24-25-26)19(29)27(20(18)30)11-5-3-10(21)4-6-11/h3-8,17-18H,9H2,1-2H3,(H,23,28)/t17-,18+/m1/s1. The van der Waals surface area contributed by atoms with E-state index in [1.54, 1.807) is 24.3 Å². The molecule has 1 N–H and O–H groups in total. The molecular weight excluding hydrogens is 461 g/mol. The van der Waals surface area contributed by atoms with Crippen molar-refractivity contribution in [1.29, 1.82) is 0 Å². The molecule has 0 saturated carbocycles. The molecule has 10 nitrogen and oxygen atoms in total. The highest BCUT2D eigenvalue weighted by molar-refractivity contribution is 6.32. The number of ether oxygens (including phenoxy) is 2. The summed E-state index contributed by atoms with van der Waals surface area (Å²) in [6.07, 6.45) is 0. The summed E-state index contributed by atoms with van der Waals surface area (Å²) in [5.41, 5.74) is 0.684. The minimum atomic E-state index is -1.02. The zero-order chi connectivity index (χ0) is 23.0. The minimum Gasteiger partial charge on any atom is -0.495 e. The molecular formula is C20H17Cl2N5O5. The van der Waals surface area contributed by atoms with E-state index in [9.17, 15) is 14.4 Å². The average molecular weight is 478 g/mol. The predicted octanol–water partition coefficient (Wildman–Crippen LogP) is 2.94. The maximum Gasteiger partial charge on any atom is 0.263 e. The van der Waals surface area contributed by atoms with E-state index in [-0.39, 0.29) is 11.6 Å². The first kappa shape index (κ1) is 21.8. The normalized spacial score (nSPS) is 19.4. The zero-order valence-corrected chi connectivity index (χ0v) is 18.4. The molecule has 2 aromatic rings. The number of anilines is 2. The molecule has 2 aliphatic heterocycles. The number of fused-ring (bicyclic) bond motifs is 1. The van der Waals surface area contributed by atoms with Crippen molar-refractivity contribution in [3.8, 4) is 11.5 Å². The lowest BCUT2D eigenvalue weighted by Crippen LogP contribution is -2.43. The van der Waals surface area contributed by atoms with Crippen LogP contribution in [0.3, 0.4) is 0 Å². The number of hydrogen-bond donors (Lipinski definition) is 1. The third-order valence-electron chi connectivity index (χ3n) is 5.00. The van der Waals surface area contributed by atoms with Gasteiger partial charge in [-0.2, -0.15) is 5.11 Å². The Labute approximate surface area is 192 Å². The van der Waals surface area contributed by atoms with Crippen molar-refractivity contribution in [2.45, 2.75) is 12.1 Å². The summed E-state index contributed by atoms with van der Waals surface area (Å²) in [7, 11) is 2.90. The number of hydrogen-bond acceptors (Lipinski definition) is 8. The van der Waals surface area contributed by atoms with E-state index < -0.39 is 29.8 Å². The second kappa shape index (κ2) is 8.64. The molecule has 3 amide bonds. The van der Waals surface area contributed by atoms with Crippen molar-refractivity contribution in [3.63, 3.8) is 0 Å². The monoisotopic (exact) mass is 477 g/mol. The Bertz CT molecular complexity index is 1120. The van der Waals surface area contributed by atoms with Gasteiger partial charge in [-0.25, -0.2) is 4.90 Å². The molecule has 2 atom stereocenters. The Balaban J connectivity index is 1.49. The molecule has 1 saturated heterocycles. The zero-order valence-electron chi connectivity index (χ0n) is 16.9. The summed E-state index contributed by atoms with van der Waals surface area (Å²) < 4.78 is 10.4. The number of nitrogens with zero attached hydrogens (tertiary/aromatic N) is 4. The maximum atomic E-state index is 13.0. The number of imide groups is 1. The molecule has 32 heavy (non-hydrogen) atoms. The van der Waals surface area contributed by atoms with Gasteiger partial charge in [-0.3, -0.25) is 19.4 Å². The quantitative estimate of drug-likeness (QED) is 0.639. The second-order valence-corrected chi connectivity index (χ2v) is 7.76. The third-order valence-corrected chi connectivity index (χ3v) is 5.54. The van der Waals surface area contributed by atoms with Gasteiger partial charge in [0.2, 0.25) is 5.91 Å². The van der Waals surface area contributed by atoms with Crippen LogP contribution in [0.5, 0.6) is 11.5 Å². The molecule has 0 bridgehead atoms. The van der Waals surface area contributed by atoms with Gasteiger partial charge in [-0.1, -0.05) is 28.4 Å². The van der Waals surface area contributed by atoms with Crippen LogP contribution in [0.1, 0.15) is 0 Å². The fourth-order valence-electron chi connectivity index (χ4n) is 3.49. The molecule has 4 rings (SSSR count). The number of halogens is 2. The SMILES string of the molecule is COc1cc(OC)c(NC(=O)CN2N=N[C@H]3C(=O)N(c4ccc(Cl)cc4)C(=O)[C@H]32)cc1Cl. The first-order valence-electron chi connectivity index (χ1n) is 9.36. The first-order valence-corrected chi connectivity index (χ1v) is 10.1. The summed E-state index contributed by atoms with van der Waals surface area (Å²) in [6.45, 7) is -0.315. The van der Waals surface area contributed by atoms with E-state index >= 15 is 0 Å². The van der Waals surface area contributed by atoms with Gasteiger partial charge in [-0.05, 0) is 30.3 Å². The Morgan fingerprint density at radius 1 is 1.06 bits per heavy atom. The lowest BCUT2D eigenvalue weighted by atomic mass is 10.1. The molecule has 0 unspecified atom stereocenters. The number of carbonyl (C=O) groups excluding carboxylic acids is 3. The van der Waals surface area contributed by atoms with E-state index in [4.69, 9.17) is 32.7 Å². The van der Waals surface area contributed by atoms with Crippen LogP contribution in [0, 0.1) is 0 Å². The summed E-state index contributed by atoms with van der Waals surface area (Å²) in [4.78, 5) is 39.4. The fraction of sp³-hybridized carbons (Fsp3) is 0.250. The van der Waals surface area contributed by atoms with E-state index in [1.807, 2.05) is 0 Å². The van der Waals surface area contributed by atoms with Crippen LogP contribution in [0.25, 0.3) is 0 Å². The van der Waals surface area contributed by atoms with Crippen LogP contribution >= 0.6 is 23.2 Å². The van der Waals surface area contributed by atoms with Crippen molar-refractivity contribution < 1.29 is 23.9 Å². The molecule has 1 fully saturated rings. The highest BCUT2D eigenvalue weighted by atomic mass is 35.5. The van der Waals surface area contributed by atoms with Crippen LogP contribution < -0.4 is 19.7 Å². The molecule has 2 aromatic carbocycles. The lowest BCUT2D eigenvalue weighted by molar-refractivity contribution is -0.123. The molecule has 2 heterocycles. The van der Waals surface area contributed by atoms with Gasteiger partial charge in [0.25, 0.3) is 11.8 Å². The number of amides is 3. The molecule has 0 radical (unpaired) electrons. The van der Waals surface area contributed by atoms with Crippen LogP contribution in [-0.4, -0.2) is 55.6 Å². The topological polar surface area (TPSA) is 113 Å². The predicted molar refractivity (Wildman–Crippen MR) is 116 cm³/mol. The van der Waals surface area contributed by atoms with Crippen molar-refractivity contribution in [3.05, 3.63) is 46.4 Å². The molecule has 166 valence electrons. The Morgan fingerprint density at radius 3 is 2.41 bits per heavy atom. The Hall–Kier alpha value is -3.37. The van der Waals surface area contributed by atoms with Gasteiger partial charge in [0.05, 0.1) is 30.6 Å². The molecule has 2 aliphatic rings. The van der Waals surface area contributed by atoms with Crippen LogP contribution in [0.2, 0.25) is 10.0 Å². The van der Waals surface area contributed by atoms with Gasteiger partial charge < -0.3 is 14.8 Å². The number of carbonyl (C=O) groups is 3. The minimum absolute atomic E-state index is 0.277. The van der Waals surface area contributed by atoms with E-state index in [1.165, 1.54) is 31.4 Å². The molecule has 0 spiro atoms. The second-order valence-electron chi connectivity index (χ2n) is 6.92. The smallest absolute Gasteiger partial charge is 0.263 e. The highest BCUT2D eigenvalue weighted by Crippen LogP contribution is 2.36. The summed E-state index contributed by atoms with van der Waals surface area (Å²) in [5, 5.41) is 12.4. The molecule has 0 aromatic heterocycles. The van der Waals surface area contributed by atoms with Crippen molar-refractivity contribution in [1.82, 2.24) is 5.01 Å². The van der Waals surface area contributed by atoms with Crippen LogP contribution in [0.15, 0.2) is 46.7 Å². The van der Waals surface area contributed by atoms with Gasteiger partial charge in [0.15, 0.2) is 12.1 Å². The van der Waals surface area contributed by atoms with Crippen LogP contribution in [0.4, 0.5) is 11.4 Å². The van der Waals surface area contributed by atoms with Gasteiger partial charge >= 0.3 is 0 Å². The van der Waals surface area contributed by atoms with Crippen molar-refractivity contribution in [2.24, 2.45) is 10.3 Å². The first-order chi connectivity index (χ1) is 15.3. The Kier molecular flexibility index (Phi) is 5.90. The number of rotatable bonds is 6. The molecule has 12 heteroatoms. The fourth-order valence-corrected chi connectivity index (χ4v) is 3.86. The van der Waals surface area contributed by atoms with E-state index in [2.05, 4.69) is 15.7 Å². The van der Waals surface area contributed by atoms with Crippen molar-refractivity contribution >= 4 is 52.3 Å². The summed E-state index contributed by atoms with van der Waals surface area (Å²) in [5.74, 6) is -0.825. The van der Waals surface area contributed by atoms with E-state index in [0.29, 0.717) is 27.9 Å². The van der Waals surface area contributed by atoms with Gasteiger partial charge in [0, 0.05) is 11.1 Å². The van der Waals surface area contributed by atoms with Crippen LogP contribution in [-0.2, 0) is 14.4 Å². The van der Waals surface area contributed by atoms with Gasteiger partial charge in [0.1, 0.15) is 18.0 Å². The van der Waals surface area contributed by atoms with Gasteiger partial charge in [-0.15, -0.1) is 0 Å². The number of benzene rings is 2. The van der Waals surface area contributed by atoms with Crippen molar-refractivity contribution in [2.75, 3.05) is 31.0 Å². The lowest BCUT2D eigenvalue weighted by Gasteiger charge is -2.20. The number of nitrogens with one attached hydrogen (secondary N) is 1. The Morgan fingerprint density at radius 2 is 1.75 bits per heavy atom. The highest BCUT2D eigenvalue weighted by Gasteiger charge is 2.55. The maximum absolute atomic E-state index is 13.0. The average Bonchev–Trinajstić information content (AvgIpc) is 3.28. The number of methoxy groups -OCH3 is 2. The third kappa shape index (κ3) is 3.82.